The van der Waals surface area contributed by atoms with Crippen LogP contribution in [0.15, 0.2) is 30.5 Å². The highest BCUT2D eigenvalue weighted by molar-refractivity contribution is 5.97. The van der Waals surface area contributed by atoms with Crippen LogP contribution in [0.25, 0.3) is 0 Å². The van der Waals surface area contributed by atoms with Gasteiger partial charge in [0.05, 0.1) is 6.20 Å². The predicted octanol–water partition coefficient (Wildman–Crippen LogP) is 1.22. The zero-order chi connectivity index (χ0) is 17.8. The Labute approximate surface area is 145 Å². The highest BCUT2D eigenvalue weighted by Crippen LogP contribution is 2.21. The first-order valence-electron chi connectivity index (χ1n) is 8.24. The average Bonchev–Trinajstić information content (AvgIpc) is 3.02. The highest BCUT2D eigenvalue weighted by atomic mass is 19.1. The molecule has 2 unspecified atom stereocenters. The summed E-state index contributed by atoms with van der Waals surface area (Å²) in [5, 5.41) is 10.8. The molecule has 0 saturated heterocycles. The Morgan fingerprint density at radius 1 is 1.56 bits per heavy atom. The Bertz CT molecular complexity index is 748. The summed E-state index contributed by atoms with van der Waals surface area (Å²) in [6.45, 7) is 4.53. The average molecular weight is 347 g/mol. The van der Waals surface area contributed by atoms with Gasteiger partial charge in [-0.05, 0) is 19.1 Å². The van der Waals surface area contributed by atoms with Gasteiger partial charge in [-0.2, -0.15) is 5.10 Å². The third-order valence-corrected chi connectivity index (χ3v) is 4.17. The number of hydrogen-bond donors (Lipinski definition) is 3. The van der Waals surface area contributed by atoms with Gasteiger partial charge >= 0.3 is 0 Å². The van der Waals surface area contributed by atoms with Crippen LogP contribution in [-0.2, 0) is 6.54 Å². The molecule has 134 valence electrons. The molecule has 0 bridgehead atoms. The minimum Gasteiger partial charge on any atom is -0.489 e. The van der Waals surface area contributed by atoms with Crippen molar-refractivity contribution in [3.05, 3.63) is 41.8 Å². The van der Waals surface area contributed by atoms with Crippen LogP contribution in [0.2, 0.25) is 0 Å². The molecule has 1 aliphatic heterocycles. The normalized spacial score (nSPS) is 17.4. The number of benzene rings is 1. The summed E-state index contributed by atoms with van der Waals surface area (Å²) < 4.78 is 20.8. The summed E-state index contributed by atoms with van der Waals surface area (Å²) in [5.74, 6) is 0.409. The molecule has 0 saturated carbocycles. The van der Waals surface area contributed by atoms with E-state index in [9.17, 15) is 9.18 Å². The van der Waals surface area contributed by atoms with Crippen molar-refractivity contribution >= 4 is 11.7 Å². The summed E-state index contributed by atoms with van der Waals surface area (Å²) >= 11 is 0. The number of carbonyl (C=O) groups excluding carboxylic acids is 1. The molecule has 8 heteroatoms. The molecular weight excluding hydrogens is 325 g/mol. The first-order chi connectivity index (χ1) is 12.0. The molecular formula is C17H22FN5O2. The van der Waals surface area contributed by atoms with Crippen molar-refractivity contribution in [3.63, 3.8) is 0 Å². The first kappa shape index (κ1) is 17.2. The van der Waals surface area contributed by atoms with Crippen molar-refractivity contribution in [2.75, 3.05) is 25.0 Å². The topological polar surface area (TPSA) is 94.2 Å². The van der Waals surface area contributed by atoms with Gasteiger partial charge in [-0.3, -0.25) is 4.79 Å². The standard InChI is InChI=1S/C17H22FN5O2/c1-11(10-25-15-5-3-2-4-14(15)18)20-6-12-7-21-17-13(16(19)24)8-22-23(17)9-12/h2-5,8,11-12,20-21H,6-7,9-10H2,1H3,(H2,19,24). The molecule has 4 N–H and O–H groups in total. The van der Waals surface area contributed by atoms with Crippen molar-refractivity contribution in [1.82, 2.24) is 15.1 Å². The minimum atomic E-state index is -0.482. The van der Waals surface area contributed by atoms with E-state index >= 15 is 0 Å². The van der Waals surface area contributed by atoms with Gasteiger partial charge in [-0.15, -0.1) is 0 Å². The number of nitrogens with zero attached hydrogens (tertiary/aromatic N) is 2. The Kier molecular flexibility index (Phi) is 5.18. The van der Waals surface area contributed by atoms with Gasteiger partial charge in [-0.1, -0.05) is 12.1 Å². The molecule has 1 aromatic heterocycles. The van der Waals surface area contributed by atoms with Gasteiger partial charge in [0, 0.05) is 31.6 Å². The molecule has 0 spiro atoms. The largest absolute Gasteiger partial charge is 0.489 e. The van der Waals surface area contributed by atoms with Crippen LogP contribution < -0.4 is 21.1 Å². The second-order valence-corrected chi connectivity index (χ2v) is 6.25. The summed E-state index contributed by atoms with van der Waals surface area (Å²) in [7, 11) is 0. The second-order valence-electron chi connectivity index (χ2n) is 6.25. The number of fused-ring (bicyclic) bond motifs is 1. The minimum absolute atomic E-state index is 0.0693. The zero-order valence-corrected chi connectivity index (χ0v) is 14.0. The van der Waals surface area contributed by atoms with Gasteiger partial charge in [0.25, 0.3) is 5.91 Å². The Balaban J connectivity index is 1.46. The quantitative estimate of drug-likeness (QED) is 0.700. The van der Waals surface area contributed by atoms with Crippen molar-refractivity contribution in [3.8, 4) is 5.75 Å². The number of primary amides is 1. The van der Waals surface area contributed by atoms with E-state index in [0.717, 1.165) is 13.1 Å². The SMILES string of the molecule is CC(COc1ccccc1F)NCC1CNc2c(C(N)=O)cnn2C1. The molecule has 0 fully saturated rings. The summed E-state index contributed by atoms with van der Waals surface area (Å²) in [5.41, 5.74) is 5.74. The van der Waals surface area contributed by atoms with Crippen molar-refractivity contribution < 1.29 is 13.9 Å². The maximum Gasteiger partial charge on any atom is 0.254 e. The van der Waals surface area contributed by atoms with Gasteiger partial charge in [0.15, 0.2) is 11.6 Å². The molecule has 0 radical (unpaired) electrons. The molecule has 2 aromatic rings. The third-order valence-electron chi connectivity index (χ3n) is 4.17. The van der Waals surface area contributed by atoms with E-state index in [1.807, 2.05) is 6.92 Å². The van der Waals surface area contributed by atoms with Gasteiger partial charge in [-0.25, -0.2) is 9.07 Å². The second kappa shape index (κ2) is 7.52. The van der Waals surface area contributed by atoms with E-state index in [-0.39, 0.29) is 17.6 Å². The number of aromatic nitrogens is 2. The highest BCUT2D eigenvalue weighted by Gasteiger charge is 2.23. The fourth-order valence-electron chi connectivity index (χ4n) is 2.78. The van der Waals surface area contributed by atoms with E-state index in [4.69, 9.17) is 10.5 Å². The number of anilines is 1. The number of rotatable bonds is 7. The lowest BCUT2D eigenvalue weighted by Crippen LogP contribution is -2.40. The van der Waals surface area contributed by atoms with Crippen molar-refractivity contribution in [2.24, 2.45) is 11.7 Å². The number of hydrogen-bond acceptors (Lipinski definition) is 5. The van der Waals surface area contributed by atoms with Crippen LogP contribution in [0.4, 0.5) is 10.2 Å². The van der Waals surface area contributed by atoms with E-state index < -0.39 is 5.91 Å². The Hall–Kier alpha value is -2.61. The summed E-state index contributed by atoms with van der Waals surface area (Å²) in [6.07, 6.45) is 1.49. The molecule has 2 heterocycles. The number of nitrogens with one attached hydrogen (secondary N) is 2. The molecule has 1 aliphatic rings. The Morgan fingerprint density at radius 2 is 2.36 bits per heavy atom. The van der Waals surface area contributed by atoms with Gasteiger partial charge in [0.2, 0.25) is 0 Å². The van der Waals surface area contributed by atoms with Crippen molar-refractivity contribution in [2.45, 2.75) is 19.5 Å². The molecule has 2 atom stereocenters. The molecule has 1 amide bonds. The maximum atomic E-state index is 13.5. The van der Waals surface area contributed by atoms with E-state index in [1.54, 1.807) is 22.9 Å². The number of halogens is 1. The van der Waals surface area contributed by atoms with Crippen LogP contribution in [0.1, 0.15) is 17.3 Å². The fourth-order valence-corrected chi connectivity index (χ4v) is 2.78. The smallest absolute Gasteiger partial charge is 0.254 e. The van der Waals surface area contributed by atoms with E-state index in [1.165, 1.54) is 12.3 Å². The molecule has 25 heavy (non-hydrogen) atoms. The number of carbonyl (C=O) groups is 1. The maximum absolute atomic E-state index is 13.5. The lowest BCUT2D eigenvalue weighted by molar-refractivity contribution is 0.100. The van der Waals surface area contributed by atoms with Crippen molar-refractivity contribution in [1.29, 1.82) is 0 Å². The number of ether oxygens (including phenoxy) is 1. The van der Waals surface area contributed by atoms with E-state index in [0.29, 0.717) is 30.5 Å². The first-order valence-corrected chi connectivity index (χ1v) is 8.24. The zero-order valence-electron chi connectivity index (χ0n) is 14.0. The number of nitrogens with two attached hydrogens (primary N) is 1. The van der Waals surface area contributed by atoms with Crippen LogP contribution >= 0.6 is 0 Å². The Morgan fingerprint density at radius 3 is 3.12 bits per heavy atom. The predicted molar refractivity (Wildman–Crippen MR) is 92.1 cm³/mol. The van der Waals surface area contributed by atoms with Crippen LogP contribution in [-0.4, -0.2) is 41.4 Å². The summed E-state index contributed by atoms with van der Waals surface area (Å²) in [6, 6.07) is 6.44. The monoisotopic (exact) mass is 347 g/mol. The van der Waals surface area contributed by atoms with E-state index in [2.05, 4.69) is 15.7 Å². The number of amides is 1. The molecule has 0 aliphatic carbocycles. The molecule has 1 aromatic carbocycles. The van der Waals surface area contributed by atoms with Crippen LogP contribution in [0.3, 0.4) is 0 Å². The molecule has 7 nitrogen and oxygen atoms in total. The fraction of sp³-hybridized carbons (Fsp3) is 0.412. The van der Waals surface area contributed by atoms with Gasteiger partial charge in [0.1, 0.15) is 18.0 Å². The lowest BCUT2D eigenvalue weighted by Gasteiger charge is -2.27. The van der Waals surface area contributed by atoms with Crippen LogP contribution in [0.5, 0.6) is 5.75 Å². The van der Waals surface area contributed by atoms with Crippen LogP contribution in [0, 0.1) is 11.7 Å². The number of para-hydroxylation sites is 1. The summed E-state index contributed by atoms with van der Waals surface area (Å²) in [4.78, 5) is 11.3. The lowest BCUT2D eigenvalue weighted by atomic mass is 10.1. The third kappa shape index (κ3) is 4.08. The van der Waals surface area contributed by atoms with Gasteiger partial charge < -0.3 is 21.1 Å². The molecule has 3 rings (SSSR count).